The molecule has 106 valence electrons. The van der Waals surface area contributed by atoms with Gasteiger partial charge in [0.15, 0.2) is 4.96 Å². The van der Waals surface area contributed by atoms with Crippen LogP contribution in [0.15, 0.2) is 16.6 Å². The second kappa shape index (κ2) is 6.25. The van der Waals surface area contributed by atoms with Crippen LogP contribution in [0.3, 0.4) is 0 Å². The summed E-state index contributed by atoms with van der Waals surface area (Å²) in [5.74, 6) is 0.728. The minimum Gasteiger partial charge on any atom is -0.311 e. The van der Waals surface area contributed by atoms with E-state index in [0.717, 1.165) is 28.8 Å². The van der Waals surface area contributed by atoms with Crippen molar-refractivity contribution in [2.45, 2.75) is 18.5 Å². The molecule has 0 unspecified atom stereocenters. The first kappa shape index (κ1) is 14.8. The van der Waals surface area contributed by atoms with Crippen molar-refractivity contribution in [1.29, 1.82) is 0 Å². The zero-order valence-electron chi connectivity index (χ0n) is 10.9. The fourth-order valence-corrected chi connectivity index (χ4v) is 4.64. The van der Waals surface area contributed by atoms with Gasteiger partial charge in [-0.3, -0.25) is 4.40 Å². The van der Waals surface area contributed by atoms with E-state index in [1.165, 1.54) is 18.0 Å². The summed E-state index contributed by atoms with van der Waals surface area (Å²) in [6, 6.07) is 0. The van der Waals surface area contributed by atoms with Crippen molar-refractivity contribution in [3.05, 3.63) is 17.3 Å². The van der Waals surface area contributed by atoms with Crippen LogP contribution in [0.1, 0.15) is 12.6 Å². The highest BCUT2D eigenvalue weighted by Gasteiger charge is 2.14. The molecule has 0 bridgehead atoms. The lowest BCUT2D eigenvalue weighted by atomic mass is 10.4. The van der Waals surface area contributed by atoms with Crippen LogP contribution in [0, 0.1) is 0 Å². The molecule has 0 radical (unpaired) electrons. The van der Waals surface area contributed by atoms with Gasteiger partial charge in [0.1, 0.15) is 14.9 Å². The summed E-state index contributed by atoms with van der Waals surface area (Å²) in [4.78, 5) is 5.51. The third kappa shape index (κ3) is 3.95. The van der Waals surface area contributed by atoms with Gasteiger partial charge in [-0.25, -0.2) is 13.4 Å². The number of hydrogen-bond acceptors (Lipinski definition) is 6. The average Bonchev–Trinajstić information content (AvgIpc) is 2.86. The number of sulfone groups is 1. The summed E-state index contributed by atoms with van der Waals surface area (Å²) < 4.78 is 24.4. The molecule has 0 aliphatic heterocycles. The van der Waals surface area contributed by atoms with Crippen LogP contribution >= 0.6 is 23.1 Å². The van der Waals surface area contributed by atoms with E-state index in [4.69, 9.17) is 0 Å². The van der Waals surface area contributed by atoms with Crippen molar-refractivity contribution in [3.63, 3.8) is 0 Å². The molecule has 0 aliphatic rings. The van der Waals surface area contributed by atoms with Crippen molar-refractivity contribution in [1.82, 2.24) is 14.7 Å². The Morgan fingerprint density at radius 2 is 2.32 bits per heavy atom. The summed E-state index contributed by atoms with van der Waals surface area (Å²) in [6.07, 6.45) is 3.26. The number of thiazole rings is 1. The lowest BCUT2D eigenvalue weighted by Crippen LogP contribution is -2.14. The van der Waals surface area contributed by atoms with E-state index in [0.29, 0.717) is 5.75 Å². The lowest BCUT2D eigenvalue weighted by Gasteiger charge is -2.04. The number of nitrogens with one attached hydrogen (secondary N) is 1. The number of rotatable bonds is 7. The van der Waals surface area contributed by atoms with Crippen LogP contribution in [0.5, 0.6) is 0 Å². The maximum Gasteiger partial charge on any atom is 0.194 e. The van der Waals surface area contributed by atoms with E-state index in [2.05, 4.69) is 21.6 Å². The highest BCUT2D eigenvalue weighted by Crippen LogP contribution is 2.26. The predicted octanol–water partition coefficient (Wildman–Crippen LogP) is 1.64. The Balaban J connectivity index is 2.14. The predicted molar refractivity (Wildman–Crippen MR) is 80.9 cm³/mol. The smallest absolute Gasteiger partial charge is 0.194 e. The van der Waals surface area contributed by atoms with Crippen molar-refractivity contribution >= 4 is 37.9 Å². The lowest BCUT2D eigenvalue weighted by molar-refractivity contribution is 0.603. The third-order valence-corrected chi connectivity index (χ3v) is 5.53. The summed E-state index contributed by atoms with van der Waals surface area (Å²) in [5.41, 5.74) is 1.11. The maximum atomic E-state index is 11.2. The molecule has 0 atom stereocenters. The molecule has 19 heavy (non-hydrogen) atoms. The first-order valence-electron chi connectivity index (χ1n) is 5.97. The molecule has 0 amide bonds. The topological polar surface area (TPSA) is 63.5 Å². The molecule has 1 N–H and O–H groups in total. The van der Waals surface area contributed by atoms with Gasteiger partial charge in [-0.05, 0) is 6.54 Å². The van der Waals surface area contributed by atoms with E-state index in [1.807, 2.05) is 11.6 Å². The van der Waals surface area contributed by atoms with Gasteiger partial charge in [-0.2, -0.15) is 0 Å². The Labute approximate surface area is 121 Å². The second-order valence-electron chi connectivity index (χ2n) is 4.18. The molecule has 0 saturated carbocycles. The Morgan fingerprint density at radius 1 is 1.53 bits per heavy atom. The molecular weight excluding hydrogens is 302 g/mol. The highest BCUT2D eigenvalue weighted by molar-refractivity contribution is 8.00. The van der Waals surface area contributed by atoms with E-state index in [9.17, 15) is 8.42 Å². The molecule has 5 nitrogen and oxygen atoms in total. The summed E-state index contributed by atoms with van der Waals surface area (Å²) in [6.45, 7) is 3.70. The molecule has 8 heteroatoms. The Hall–Kier alpha value is -0.570. The first-order valence-corrected chi connectivity index (χ1v) is 9.89. The number of fused-ring (bicyclic) bond motifs is 1. The van der Waals surface area contributed by atoms with Crippen molar-refractivity contribution in [2.24, 2.45) is 0 Å². The SMILES string of the molecule is CCNCc1c(SCCS(C)(=O)=O)nc2sccn12. The normalized spacial score (nSPS) is 12.3. The second-order valence-corrected chi connectivity index (χ2v) is 8.39. The van der Waals surface area contributed by atoms with Crippen LogP contribution in [0.4, 0.5) is 0 Å². The number of aromatic nitrogens is 2. The number of thioether (sulfide) groups is 1. The number of hydrogen-bond donors (Lipinski definition) is 1. The summed E-state index contributed by atoms with van der Waals surface area (Å²) in [7, 11) is -2.91. The number of imidazole rings is 1. The molecule has 0 aromatic carbocycles. The first-order chi connectivity index (χ1) is 9.01. The maximum absolute atomic E-state index is 11.2. The van der Waals surface area contributed by atoms with E-state index in [-0.39, 0.29) is 5.75 Å². The fourth-order valence-electron chi connectivity index (χ4n) is 1.62. The standard InChI is InChI=1S/C11H17N3O2S3/c1-3-12-8-9-10(17-6-7-19(2,15)16)13-11-14(9)4-5-18-11/h4-5,12H,3,6-8H2,1-2H3. The van der Waals surface area contributed by atoms with E-state index < -0.39 is 9.84 Å². The molecular formula is C11H17N3O2S3. The quantitative estimate of drug-likeness (QED) is 0.786. The summed E-state index contributed by atoms with van der Waals surface area (Å²) >= 11 is 3.10. The minimum absolute atomic E-state index is 0.184. The van der Waals surface area contributed by atoms with E-state index >= 15 is 0 Å². The Kier molecular flexibility index (Phi) is 4.88. The van der Waals surface area contributed by atoms with Gasteiger partial charge >= 0.3 is 0 Å². The molecule has 2 heterocycles. The summed E-state index contributed by atoms with van der Waals surface area (Å²) in [5, 5.41) is 6.22. The van der Waals surface area contributed by atoms with E-state index in [1.54, 1.807) is 11.3 Å². The number of nitrogens with zero attached hydrogens (tertiary/aromatic N) is 2. The van der Waals surface area contributed by atoms with Crippen molar-refractivity contribution in [2.75, 3.05) is 24.3 Å². The van der Waals surface area contributed by atoms with Gasteiger partial charge in [0.2, 0.25) is 0 Å². The Morgan fingerprint density at radius 3 is 3.00 bits per heavy atom. The van der Waals surface area contributed by atoms with Gasteiger partial charge in [-0.1, -0.05) is 6.92 Å². The largest absolute Gasteiger partial charge is 0.311 e. The van der Waals surface area contributed by atoms with Crippen molar-refractivity contribution < 1.29 is 8.42 Å². The van der Waals surface area contributed by atoms with Crippen LogP contribution in [0.2, 0.25) is 0 Å². The molecule has 2 rings (SSSR count). The van der Waals surface area contributed by atoms with Gasteiger partial charge in [-0.15, -0.1) is 23.1 Å². The third-order valence-electron chi connectivity index (χ3n) is 2.56. The Bertz CT molecular complexity index is 645. The zero-order chi connectivity index (χ0) is 13.9. The molecule has 0 saturated heterocycles. The molecule has 2 aromatic heterocycles. The average molecular weight is 319 g/mol. The van der Waals surface area contributed by atoms with Crippen LogP contribution in [0.25, 0.3) is 4.96 Å². The van der Waals surface area contributed by atoms with Crippen LogP contribution in [-0.2, 0) is 16.4 Å². The van der Waals surface area contributed by atoms with Crippen molar-refractivity contribution in [3.8, 4) is 0 Å². The minimum atomic E-state index is -2.91. The monoisotopic (exact) mass is 319 g/mol. The molecule has 0 aliphatic carbocycles. The van der Waals surface area contributed by atoms with Gasteiger partial charge in [0.05, 0.1) is 11.4 Å². The van der Waals surface area contributed by atoms with Crippen LogP contribution in [-0.4, -0.2) is 42.1 Å². The molecule has 2 aromatic rings. The highest BCUT2D eigenvalue weighted by atomic mass is 32.2. The van der Waals surface area contributed by atoms with Crippen LogP contribution < -0.4 is 5.32 Å². The van der Waals surface area contributed by atoms with Gasteiger partial charge < -0.3 is 5.32 Å². The fraction of sp³-hybridized carbons (Fsp3) is 0.545. The van der Waals surface area contributed by atoms with Gasteiger partial charge in [0, 0.05) is 30.1 Å². The van der Waals surface area contributed by atoms with Gasteiger partial charge in [0.25, 0.3) is 0 Å². The molecule has 0 spiro atoms. The zero-order valence-corrected chi connectivity index (χ0v) is 13.4. The molecule has 0 fully saturated rings.